The molecule has 0 aliphatic heterocycles. The first-order valence-corrected chi connectivity index (χ1v) is 6.93. The number of aromatic nitrogens is 3. The molecule has 1 N–H and O–H groups in total. The van der Waals surface area contributed by atoms with Gasteiger partial charge in [-0.25, -0.2) is 4.68 Å². The Morgan fingerprint density at radius 1 is 1.26 bits per heavy atom. The van der Waals surface area contributed by atoms with Crippen molar-refractivity contribution in [3.63, 3.8) is 0 Å². The van der Waals surface area contributed by atoms with E-state index in [1.54, 1.807) is 4.68 Å². The first kappa shape index (κ1) is 12.4. The molecular formula is C15H19N3O. The van der Waals surface area contributed by atoms with Crippen LogP contribution in [0.3, 0.4) is 0 Å². The Morgan fingerprint density at radius 2 is 2.05 bits per heavy atom. The summed E-state index contributed by atoms with van der Waals surface area (Å²) in [4.78, 5) is 0. The Kier molecular flexibility index (Phi) is 3.60. The third-order valence-corrected chi connectivity index (χ3v) is 3.79. The van der Waals surface area contributed by atoms with Crippen LogP contribution in [0, 0.1) is 0 Å². The Hall–Kier alpha value is -1.68. The molecular weight excluding hydrogens is 238 g/mol. The number of aliphatic hydroxyl groups is 1. The van der Waals surface area contributed by atoms with E-state index in [1.807, 2.05) is 36.5 Å². The number of rotatable bonds is 5. The van der Waals surface area contributed by atoms with Crippen LogP contribution in [-0.2, 0) is 13.0 Å². The van der Waals surface area contributed by atoms with Crippen molar-refractivity contribution in [2.45, 2.75) is 44.2 Å². The smallest absolute Gasteiger partial charge is 0.0857 e. The zero-order valence-electron chi connectivity index (χ0n) is 10.9. The summed E-state index contributed by atoms with van der Waals surface area (Å²) in [7, 11) is 0. The van der Waals surface area contributed by atoms with Gasteiger partial charge in [0.15, 0.2) is 0 Å². The Balaban J connectivity index is 1.56. The summed E-state index contributed by atoms with van der Waals surface area (Å²) in [5.74, 6) is 0.597. The highest BCUT2D eigenvalue weighted by Crippen LogP contribution is 2.34. The van der Waals surface area contributed by atoms with Crippen molar-refractivity contribution >= 4 is 0 Å². The fourth-order valence-electron chi connectivity index (χ4n) is 2.46. The maximum atomic E-state index is 10.1. The van der Waals surface area contributed by atoms with Gasteiger partial charge >= 0.3 is 0 Å². The third-order valence-electron chi connectivity index (χ3n) is 3.79. The van der Waals surface area contributed by atoms with E-state index in [4.69, 9.17) is 0 Å². The monoisotopic (exact) mass is 257 g/mol. The quantitative estimate of drug-likeness (QED) is 0.893. The Morgan fingerprint density at radius 3 is 2.74 bits per heavy atom. The van der Waals surface area contributed by atoms with E-state index < -0.39 is 6.10 Å². The lowest BCUT2D eigenvalue weighted by Gasteiger charge is -2.22. The van der Waals surface area contributed by atoms with Crippen LogP contribution < -0.4 is 0 Å². The van der Waals surface area contributed by atoms with Gasteiger partial charge in [-0.1, -0.05) is 42.0 Å². The van der Waals surface area contributed by atoms with Gasteiger partial charge in [-0.05, 0) is 18.4 Å². The molecule has 1 aliphatic carbocycles. The van der Waals surface area contributed by atoms with Gasteiger partial charge in [-0.2, -0.15) is 0 Å². The molecule has 0 spiro atoms. The molecule has 0 amide bonds. The molecule has 1 aliphatic rings. The minimum atomic E-state index is -0.418. The molecule has 0 saturated heterocycles. The fraction of sp³-hybridized carbons (Fsp3) is 0.467. The highest BCUT2D eigenvalue weighted by atomic mass is 16.3. The van der Waals surface area contributed by atoms with E-state index in [2.05, 4.69) is 10.3 Å². The van der Waals surface area contributed by atoms with Crippen molar-refractivity contribution < 1.29 is 5.11 Å². The largest absolute Gasteiger partial charge is 0.391 e. The second kappa shape index (κ2) is 5.53. The lowest BCUT2D eigenvalue weighted by Crippen LogP contribution is -2.19. The number of benzene rings is 1. The van der Waals surface area contributed by atoms with Gasteiger partial charge in [-0.3, -0.25) is 0 Å². The lowest BCUT2D eigenvalue weighted by molar-refractivity contribution is 0.148. The fourth-order valence-corrected chi connectivity index (χ4v) is 2.46. The molecule has 1 aromatic heterocycles. The van der Waals surface area contributed by atoms with Crippen molar-refractivity contribution in [3.8, 4) is 0 Å². The van der Waals surface area contributed by atoms with E-state index in [-0.39, 0.29) is 0 Å². The predicted molar refractivity (Wildman–Crippen MR) is 72.8 cm³/mol. The molecule has 2 aromatic rings. The highest BCUT2D eigenvalue weighted by molar-refractivity contribution is 5.15. The van der Waals surface area contributed by atoms with Gasteiger partial charge in [-0.15, -0.1) is 5.10 Å². The topological polar surface area (TPSA) is 50.9 Å². The minimum absolute atomic E-state index is 0.418. The molecule has 19 heavy (non-hydrogen) atoms. The SMILES string of the molecule is O[C@H](Cc1ccccc1)Cn1cc(C2CCC2)nn1. The summed E-state index contributed by atoms with van der Waals surface area (Å²) in [5, 5.41) is 18.4. The van der Waals surface area contributed by atoms with Gasteiger partial charge < -0.3 is 5.11 Å². The van der Waals surface area contributed by atoms with Crippen LogP contribution in [0.5, 0.6) is 0 Å². The maximum absolute atomic E-state index is 10.1. The number of nitrogens with zero attached hydrogens (tertiary/aromatic N) is 3. The molecule has 1 atom stereocenters. The first-order valence-electron chi connectivity index (χ1n) is 6.93. The van der Waals surface area contributed by atoms with Crippen LogP contribution in [-0.4, -0.2) is 26.2 Å². The molecule has 4 nitrogen and oxygen atoms in total. The van der Waals surface area contributed by atoms with E-state index >= 15 is 0 Å². The van der Waals surface area contributed by atoms with Gasteiger partial charge in [0.1, 0.15) is 0 Å². The van der Waals surface area contributed by atoms with Crippen molar-refractivity contribution in [1.29, 1.82) is 0 Å². The van der Waals surface area contributed by atoms with Crippen LogP contribution in [0.1, 0.15) is 36.4 Å². The molecule has 100 valence electrons. The molecule has 1 heterocycles. The van der Waals surface area contributed by atoms with E-state index in [0.717, 1.165) is 11.3 Å². The van der Waals surface area contributed by atoms with Gasteiger partial charge in [0, 0.05) is 18.5 Å². The molecule has 0 bridgehead atoms. The summed E-state index contributed by atoms with van der Waals surface area (Å²) in [6.07, 6.45) is 5.97. The second-order valence-electron chi connectivity index (χ2n) is 5.34. The summed E-state index contributed by atoms with van der Waals surface area (Å²) in [6.45, 7) is 0.509. The summed E-state index contributed by atoms with van der Waals surface area (Å²) >= 11 is 0. The van der Waals surface area contributed by atoms with Crippen LogP contribution >= 0.6 is 0 Å². The predicted octanol–water partition coefficient (Wildman–Crippen LogP) is 2.15. The van der Waals surface area contributed by atoms with Crippen LogP contribution in [0.2, 0.25) is 0 Å². The molecule has 1 aromatic carbocycles. The van der Waals surface area contributed by atoms with Gasteiger partial charge in [0.25, 0.3) is 0 Å². The van der Waals surface area contributed by atoms with Crippen molar-refractivity contribution in [2.75, 3.05) is 0 Å². The zero-order chi connectivity index (χ0) is 13.1. The normalized spacial score (nSPS) is 17.1. The average molecular weight is 257 g/mol. The van der Waals surface area contributed by atoms with Gasteiger partial charge in [0.05, 0.1) is 18.3 Å². The second-order valence-corrected chi connectivity index (χ2v) is 5.34. The van der Waals surface area contributed by atoms with Crippen LogP contribution in [0.25, 0.3) is 0 Å². The molecule has 1 saturated carbocycles. The first-order chi connectivity index (χ1) is 9.31. The summed E-state index contributed by atoms with van der Waals surface area (Å²) in [6, 6.07) is 10.0. The third kappa shape index (κ3) is 3.01. The molecule has 1 fully saturated rings. The highest BCUT2D eigenvalue weighted by Gasteiger charge is 2.22. The molecule has 4 heteroatoms. The van der Waals surface area contributed by atoms with Crippen LogP contribution in [0.4, 0.5) is 0 Å². The maximum Gasteiger partial charge on any atom is 0.0857 e. The van der Waals surface area contributed by atoms with Crippen molar-refractivity contribution in [3.05, 3.63) is 47.8 Å². The van der Waals surface area contributed by atoms with E-state index in [0.29, 0.717) is 18.9 Å². The van der Waals surface area contributed by atoms with Crippen molar-refractivity contribution in [1.82, 2.24) is 15.0 Å². The number of hydrogen-bond donors (Lipinski definition) is 1. The number of aliphatic hydroxyl groups excluding tert-OH is 1. The summed E-state index contributed by atoms with van der Waals surface area (Å²) < 4.78 is 1.77. The minimum Gasteiger partial charge on any atom is -0.391 e. The zero-order valence-corrected chi connectivity index (χ0v) is 10.9. The summed E-state index contributed by atoms with van der Waals surface area (Å²) in [5.41, 5.74) is 2.23. The van der Waals surface area contributed by atoms with Gasteiger partial charge in [0.2, 0.25) is 0 Å². The average Bonchev–Trinajstić information content (AvgIpc) is 2.76. The number of hydrogen-bond acceptors (Lipinski definition) is 3. The van der Waals surface area contributed by atoms with E-state index in [9.17, 15) is 5.11 Å². The van der Waals surface area contributed by atoms with Crippen LogP contribution in [0.15, 0.2) is 36.5 Å². The molecule has 0 radical (unpaired) electrons. The molecule has 3 rings (SSSR count). The lowest BCUT2D eigenvalue weighted by atomic mass is 9.83. The Bertz CT molecular complexity index is 519. The Labute approximate surface area is 113 Å². The molecule has 0 unspecified atom stereocenters. The van der Waals surface area contributed by atoms with Crippen molar-refractivity contribution in [2.24, 2.45) is 0 Å². The standard InChI is InChI=1S/C15H19N3O/c19-14(9-12-5-2-1-3-6-12)10-18-11-15(16-17-18)13-7-4-8-13/h1-3,5-6,11,13-14,19H,4,7-10H2/t14-/m1/s1. The van der Waals surface area contributed by atoms with E-state index in [1.165, 1.54) is 19.3 Å².